The van der Waals surface area contributed by atoms with Gasteiger partial charge in [-0.25, -0.2) is 4.68 Å². The summed E-state index contributed by atoms with van der Waals surface area (Å²) < 4.78 is 6.02. The molecule has 3 rings (SSSR count). The number of hydrogen-bond acceptors (Lipinski definition) is 5. The predicted molar refractivity (Wildman–Crippen MR) is 66.8 cm³/mol. The zero-order chi connectivity index (χ0) is 13.2. The molecule has 0 aliphatic rings. The van der Waals surface area contributed by atoms with E-state index in [4.69, 9.17) is 4.42 Å². The number of benzene rings is 1. The Labute approximate surface area is 107 Å². The van der Waals surface area contributed by atoms with Gasteiger partial charge in [0.2, 0.25) is 5.78 Å². The van der Waals surface area contributed by atoms with Gasteiger partial charge in [0, 0.05) is 0 Å². The number of carbonyl (C=O) groups excluding carboxylic acids is 1. The van der Waals surface area contributed by atoms with E-state index < -0.39 is 0 Å². The van der Waals surface area contributed by atoms with E-state index in [1.807, 2.05) is 0 Å². The van der Waals surface area contributed by atoms with Gasteiger partial charge in [0.25, 0.3) is 5.56 Å². The normalized spacial score (nSPS) is 10.7. The molecule has 0 amide bonds. The van der Waals surface area contributed by atoms with E-state index in [-0.39, 0.29) is 23.6 Å². The fourth-order valence-corrected chi connectivity index (χ4v) is 1.78. The first kappa shape index (κ1) is 11.3. The van der Waals surface area contributed by atoms with Crippen LogP contribution < -0.4 is 5.56 Å². The summed E-state index contributed by atoms with van der Waals surface area (Å²) >= 11 is 0. The molecule has 0 aliphatic carbocycles. The van der Waals surface area contributed by atoms with Gasteiger partial charge in [0.1, 0.15) is 12.1 Å². The van der Waals surface area contributed by atoms with Crippen molar-refractivity contribution in [1.29, 1.82) is 0 Å². The number of Topliss-reactive ketones (excluding diaryl/α,β-unsaturated/α-hetero) is 1. The molecule has 0 fully saturated rings. The lowest BCUT2D eigenvalue weighted by molar-refractivity contribution is 0.0937. The van der Waals surface area contributed by atoms with Gasteiger partial charge >= 0.3 is 0 Å². The lowest BCUT2D eigenvalue weighted by Crippen LogP contribution is -2.27. The van der Waals surface area contributed by atoms with Crippen LogP contribution in [0.5, 0.6) is 0 Å². The summed E-state index contributed by atoms with van der Waals surface area (Å²) in [7, 11) is 0. The maximum Gasteiger partial charge on any atom is 0.278 e. The van der Waals surface area contributed by atoms with E-state index in [0.717, 1.165) is 4.68 Å². The van der Waals surface area contributed by atoms with Crippen molar-refractivity contribution in [3.63, 3.8) is 0 Å². The molecule has 0 atom stereocenters. The summed E-state index contributed by atoms with van der Waals surface area (Å²) in [5.41, 5.74) is 0.166. The van der Waals surface area contributed by atoms with E-state index in [2.05, 4.69) is 10.3 Å². The fourth-order valence-electron chi connectivity index (χ4n) is 1.78. The molecule has 6 nitrogen and oxygen atoms in total. The number of hydrogen-bond donors (Lipinski definition) is 0. The number of rotatable bonds is 3. The molecule has 2 aromatic heterocycles. The molecule has 19 heavy (non-hydrogen) atoms. The van der Waals surface area contributed by atoms with E-state index in [1.54, 1.807) is 36.4 Å². The molecule has 94 valence electrons. The second-order valence-electron chi connectivity index (χ2n) is 3.97. The lowest BCUT2D eigenvalue weighted by Gasteiger charge is -2.02. The fraction of sp³-hybridized carbons (Fsp3) is 0.0769. The summed E-state index contributed by atoms with van der Waals surface area (Å²) in [4.78, 5) is 24.0. The molecule has 0 radical (unpaired) electrons. The number of aromatic nitrogens is 3. The van der Waals surface area contributed by atoms with E-state index >= 15 is 0 Å². The third kappa shape index (κ3) is 2.03. The summed E-state index contributed by atoms with van der Waals surface area (Å²) in [6, 6.07) is 10.0. The van der Waals surface area contributed by atoms with Gasteiger partial charge in [0.05, 0.1) is 11.6 Å². The molecule has 3 aromatic rings. The second-order valence-corrected chi connectivity index (χ2v) is 3.97. The lowest BCUT2D eigenvalue weighted by atomic mass is 10.2. The first-order chi connectivity index (χ1) is 9.25. The zero-order valence-corrected chi connectivity index (χ0v) is 9.81. The average molecular weight is 255 g/mol. The Bertz CT molecular complexity index is 790. The SMILES string of the molecule is O=C(Cn1nnc2ccccc2c1=O)c1ccco1. The Morgan fingerprint density at radius 3 is 2.84 bits per heavy atom. The molecular weight excluding hydrogens is 246 g/mol. The minimum atomic E-state index is -0.342. The van der Waals surface area contributed by atoms with Crippen LogP contribution in [0.15, 0.2) is 51.9 Å². The van der Waals surface area contributed by atoms with Crippen LogP contribution in [-0.2, 0) is 6.54 Å². The quantitative estimate of drug-likeness (QED) is 0.658. The highest BCUT2D eigenvalue weighted by molar-refractivity contribution is 5.93. The highest BCUT2D eigenvalue weighted by Crippen LogP contribution is 2.05. The minimum absolute atomic E-state index is 0.190. The van der Waals surface area contributed by atoms with Crippen molar-refractivity contribution >= 4 is 16.7 Å². The van der Waals surface area contributed by atoms with Crippen LogP contribution in [-0.4, -0.2) is 20.8 Å². The molecule has 0 aliphatic heterocycles. The molecule has 2 heterocycles. The zero-order valence-electron chi connectivity index (χ0n) is 9.81. The number of furan rings is 1. The Morgan fingerprint density at radius 1 is 1.21 bits per heavy atom. The van der Waals surface area contributed by atoms with Crippen LogP contribution in [0, 0.1) is 0 Å². The number of fused-ring (bicyclic) bond motifs is 1. The largest absolute Gasteiger partial charge is 0.461 e. The summed E-state index contributed by atoms with van der Waals surface area (Å²) in [6.45, 7) is -0.190. The van der Waals surface area contributed by atoms with Crippen molar-refractivity contribution in [2.45, 2.75) is 6.54 Å². The summed E-state index contributed by atoms with van der Waals surface area (Å²) in [5, 5.41) is 8.09. The van der Waals surface area contributed by atoms with Crippen molar-refractivity contribution in [1.82, 2.24) is 15.0 Å². The van der Waals surface area contributed by atoms with Crippen LogP contribution in [0.25, 0.3) is 10.9 Å². The molecular formula is C13H9N3O3. The third-order valence-electron chi connectivity index (χ3n) is 2.72. The van der Waals surface area contributed by atoms with Gasteiger partial charge in [-0.3, -0.25) is 9.59 Å². The van der Waals surface area contributed by atoms with Crippen molar-refractivity contribution in [2.24, 2.45) is 0 Å². The maximum atomic E-state index is 12.1. The van der Waals surface area contributed by atoms with Crippen molar-refractivity contribution in [3.05, 3.63) is 58.8 Å². The first-order valence-corrected chi connectivity index (χ1v) is 5.65. The Kier molecular flexibility index (Phi) is 2.68. The molecule has 0 saturated carbocycles. The van der Waals surface area contributed by atoms with Crippen molar-refractivity contribution < 1.29 is 9.21 Å². The molecule has 0 saturated heterocycles. The summed E-state index contributed by atoms with van der Waals surface area (Å²) in [5.74, 6) is -0.126. The Hall–Kier alpha value is -2.76. The first-order valence-electron chi connectivity index (χ1n) is 5.65. The minimum Gasteiger partial charge on any atom is -0.461 e. The molecule has 1 aromatic carbocycles. The Morgan fingerprint density at radius 2 is 2.05 bits per heavy atom. The molecule has 0 spiro atoms. The van der Waals surface area contributed by atoms with Gasteiger partial charge in [-0.15, -0.1) is 5.10 Å². The predicted octanol–water partition coefficient (Wildman–Crippen LogP) is 1.27. The van der Waals surface area contributed by atoms with Gasteiger partial charge in [-0.2, -0.15) is 0 Å². The van der Waals surface area contributed by atoms with Crippen LogP contribution in [0.3, 0.4) is 0 Å². The van der Waals surface area contributed by atoms with Gasteiger partial charge < -0.3 is 4.42 Å². The van der Waals surface area contributed by atoms with Crippen molar-refractivity contribution in [3.8, 4) is 0 Å². The van der Waals surface area contributed by atoms with Crippen LogP contribution in [0.4, 0.5) is 0 Å². The standard InChI is InChI=1S/C13H9N3O3/c17-11(12-6-3-7-19-12)8-16-13(18)9-4-1-2-5-10(9)14-15-16/h1-7H,8H2. The second kappa shape index (κ2) is 4.49. The molecule has 6 heteroatoms. The van der Waals surface area contributed by atoms with E-state index in [1.165, 1.54) is 6.26 Å². The van der Waals surface area contributed by atoms with Crippen LogP contribution in [0.1, 0.15) is 10.6 Å². The number of ketones is 1. The van der Waals surface area contributed by atoms with E-state index in [0.29, 0.717) is 10.9 Å². The topological polar surface area (TPSA) is 78.0 Å². The average Bonchev–Trinajstić information content (AvgIpc) is 2.96. The molecule has 0 bridgehead atoms. The monoisotopic (exact) mass is 255 g/mol. The van der Waals surface area contributed by atoms with Crippen molar-refractivity contribution in [2.75, 3.05) is 0 Å². The molecule has 0 unspecified atom stereocenters. The van der Waals surface area contributed by atoms with Gasteiger partial charge in [-0.05, 0) is 24.3 Å². The van der Waals surface area contributed by atoms with E-state index in [9.17, 15) is 9.59 Å². The molecule has 0 N–H and O–H groups in total. The highest BCUT2D eigenvalue weighted by Gasteiger charge is 2.13. The summed E-state index contributed by atoms with van der Waals surface area (Å²) in [6.07, 6.45) is 1.40. The van der Waals surface area contributed by atoms with Gasteiger partial charge in [0.15, 0.2) is 5.76 Å². The Balaban J connectivity index is 2.00. The number of nitrogens with zero attached hydrogens (tertiary/aromatic N) is 3. The smallest absolute Gasteiger partial charge is 0.278 e. The van der Waals surface area contributed by atoms with Crippen LogP contribution >= 0.6 is 0 Å². The van der Waals surface area contributed by atoms with Gasteiger partial charge in [-0.1, -0.05) is 17.3 Å². The highest BCUT2D eigenvalue weighted by atomic mass is 16.3. The van der Waals surface area contributed by atoms with Crippen LogP contribution in [0.2, 0.25) is 0 Å². The third-order valence-corrected chi connectivity index (χ3v) is 2.72. The number of carbonyl (C=O) groups is 1. The maximum absolute atomic E-state index is 12.1.